The number of halogens is 1. The zero-order valence-electron chi connectivity index (χ0n) is 9.91. The third-order valence-corrected chi connectivity index (χ3v) is 5.80. The maximum Gasteiger partial charge on any atom is 0.224 e. The Morgan fingerprint density at radius 3 is 2.85 bits per heavy atom. The first-order chi connectivity index (χ1) is 9.79. The van der Waals surface area contributed by atoms with Gasteiger partial charge in [-0.15, -0.1) is 22.7 Å². The lowest BCUT2D eigenvalue weighted by molar-refractivity contribution is 1.11. The predicted molar refractivity (Wildman–Crippen MR) is 86.2 cm³/mol. The Kier molecular flexibility index (Phi) is 3.11. The maximum absolute atomic E-state index is 5.98. The van der Waals surface area contributed by atoms with Gasteiger partial charge in [-0.1, -0.05) is 12.1 Å². The first-order valence-corrected chi connectivity index (χ1v) is 8.63. The van der Waals surface area contributed by atoms with Crippen molar-refractivity contribution in [1.82, 2.24) is 15.0 Å². The molecule has 20 heavy (non-hydrogen) atoms. The Morgan fingerprint density at radius 1 is 1.05 bits per heavy atom. The summed E-state index contributed by atoms with van der Waals surface area (Å²) in [5.74, 6) is 0. The first kappa shape index (κ1) is 12.5. The van der Waals surface area contributed by atoms with E-state index >= 15 is 0 Å². The number of nitrogens with zero attached hydrogens (tertiary/aromatic N) is 3. The Labute approximate surface area is 131 Å². The minimum atomic E-state index is 0.281. The molecule has 0 aliphatic carbocycles. The van der Waals surface area contributed by atoms with Crippen molar-refractivity contribution < 1.29 is 0 Å². The number of fused-ring (bicyclic) bond motifs is 2. The largest absolute Gasteiger partial charge is 0.229 e. The first-order valence-electron chi connectivity index (χ1n) is 5.74. The molecule has 7 heteroatoms. The molecule has 0 aliphatic heterocycles. The van der Waals surface area contributed by atoms with Crippen molar-refractivity contribution in [2.75, 3.05) is 0 Å². The fraction of sp³-hybridized carbons (Fsp3) is 0. The zero-order chi connectivity index (χ0) is 13.5. The number of thiophene rings is 1. The van der Waals surface area contributed by atoms with Gasteiger partial charge < -0.3 is 0 Å². The van der Waals surface area contributed by atoms with E-state index in [-0.39, 0.29) is 5.28 Å². The lowest BCUT2D eigenvalue weighted by Gasteiger charge is -1.99. The Hall–Kier alpha value is -1.21. The van der Waals surface area contributed by atoms with E-state index in [0.717, 1.165) is 25.1 Å². The van der Waals surface area contributed by atoms with Crippen LogP contribution in [0.1, 0.15) is 0 Å². The topological polar surface area (TPSA) is 38.7 Å². The number of aromatic nitrogens is 3. The summed E-state index contributed by atoms with van der Waals surface area (Å²) in [5.41, 5.74) is 1.02. The van der Waals surface area contributed by atoms with Crippen molar-refractivity contribution in [2.24, 2.45) is 0 Å². The second-order valence-corrected chi connectivity index (χ2v) is 7.49. The van der Waals surface area contributed by atoms with Crippen LogP contribution in [-0.2, 0) is 0 Å². The second-order valence-electron chi connectivity index (χ2n) is 3.99. The molecular weight excluding hydrogens is 330 g/mol. The summed E-state index contributed by atoms with van der Waals surface area (Å²) in [6.45, 7) is 0. The molecule has 98 valence electrons. The van der Waals surface area contributed by atoms with Crippen LogP contribution in [0.3, 0.4) is 0 Å². The molecule has 3 aromatic heterocycles. The normalized spacial score (nSPS) is 11.4. The van der Waals surface area contributed by atoms with Gasteiger partial charge in [0.15, 0.2) is 4.34 Å². The summed E-state index contributed by atoms with van der Waals surface area (Å²) in [6.07, 6.45) is 0. The Morgan fingerprint density at radius 2 is 1.95 bits per heavy atom. The molecule has 0 spiro atoms. The van der Waals surface area contributed by atoms with Crippen LogP contribution in [-0.4, -0.2) is 15.0 Å². The number of benzene rings is 1. The highest BCUT2D eigenvalue weighted by Gasteiger charge is 2.12. The molecule has 3 nitrogen and oxygen atoms in total. The quantitative estimate of drug-likeness (QED) is 0.377. The van der Waals surface area contributed by atoms with Crippen LogP contribution < -0.4 is 0 Å². The van der Waals surface area contributed by atoms with E-state index in [4.69, 9.17) is 11.6 Å². The van der Waals surface area contributed by atoms with Gasteiger partial charge >= 0.3 is 0 Å². The van der Waals surface area contributed by atoms with Crippen LogP contribution in [0.4, 0.5) is 0 Å². The molecule has 4 aromatic rings. The standard InChI is InChI=1S/C13H6ClN3S3/c14-12-16-10-7(5-6-18-10)11(17-12)20-13-15-8-3-1-2-4-9(8)19-13/h1-6H. The van der Waals surface area contributed by atoms with E-state index in [1.807, 2.05) is 29.6 Å². The fourth-order valence-corrected chi connectivity index (χ4v) is 5.04. The number of hydrogen-bond donors (Lipinski definition) is 0. The van der Waals surface area contributed by atoms with Crippen molar-refractivity contribution in [3.8, 4) is 0 Å². The van der Waals surface area contributed by atoms with Gasteiger partial charge in [0.1, 0.15) is 9.86 Å². The van der Waals surface area contributed by atoms with E-state index < -0.39 is 0 Å². The maximum atomic E-state index is 5.98. The third kappa shape index (κ3) is 2.18. The van der Waals surface area contributed by atoms with E-state index in [1.165, 1.54) is 4.70 Å². The molecule has 4 rings (SSSR count). The van der Waals surface area contributed by atoms with Gasteiger partial charge in [-0.25, -0.2) is 15.0 Å². The van der Waals surface area contributed by atoms with Gasteiger partial charge in [0.25, 0.3) is 0 Å². The van der Waals surface area contributed by atoms with E-state index in [0.29, 0.717) is 0 Å². The van der Waals surface area contributed by atoms with Crippen LogP contribution in [0.25, 0.3) is 20.4 Å². The van der Waals surface area contributed by atoms with E-state index in [2.05, 4.69) is 21.0 Å². The van der Waals surface area contributed by atoms with E-state index in [1.54, 1.807) is 34.4 Å². The zero-order valence-corrected chi connectivity index (χ0v) is 13.1. The number of hydrogen-bond acceptors (Lipinski definition) is 6. The lowest BCUT2D eigenvalue weighted by Crippen LogP contribution is -1.85. The minimum absolute atomic E-state index is 0.281. The van der Waals surface area contributed by atoms with Crippen LogP contribution in [0, 0.1) is 0 Å². The smallest absolute Gasteiger partial charge is 0.224 e. The van der Waals surface area contributed by atoms with Gasteiger partial charge in [0.05, 0.1) is 10.2 Å². The summed E-state index contributed by atoms with van der Waals surface area (Å²) in [4.78, 5) is 14.1. The molecule has 0 aliphatic rings. The van der Waals surface area contributed by atoms with Crippen LogP contribution in [0.5, 0.6) is 0 Å². The molecule has 0 radical (unpaired) electrons. The van der Waals surface area contributed by atoms with Gasteiger partial charge in [-0.3, -0.25) is 0 Å². The highest BCUT2D eigenvalue weighted by atomic mass is 35.5. The van der Waals surface area contributed by atoms with Crippen LogP contribution >= 0.6 is 46.0 Å². The predicted octanol–water partition coefficient (Wildman–Crippen LogP) is 5.11. The molecule has 0 bridgehead atoms. The highest BCUT2D eigenvalue weighted by Crippen LogP contribution is 2.37. The van der Waals surface area contributed by atoms with Crippen molar-refractivity contribution in [3.05, 3.63) is 41.0 Å². The van der Waals surface area contributed by atoms with Gasteiger partial charge in [0, 0.05) is 5.39 Å². The monoisotopic (exact) mass is 335 g/mol. The number of rotatable bonds is 2. The lowest BCUT2D eigenvalue weighted by atomic mass is 10.3. The van der Waals surface area contributed by atoms with Gasteiger partial charge in [-0.2, -0.15) is 0 Å². The molecule has 0 saturated heterocycles. The van der Waals surface area contributed by atoms with Gasteiger partial charge in [0.2, 0.25) is 5.28 Å². The van der Waals surface area contributed by atoms with Crippen molar-refractivity contribution in [2.45, 2.75) is 9.37 Å². The Bertz CT molecular complexity index is 882. The second kappa shape index (κ2) is 4.96. The molecule has 1 aromatic carbocycles. The number of para-hydroxylation sites is 1. The molecule has 0 amide bonds. The minimum Gasteiger partial charge on any atom is -0.229 e. The Balaban J connectivity index is 1.81. The molecule has 0 unspecified atom stereocenters. The van der Waals surface area contributed by atoms with Gasteiger partial charge in [-0.05, 0) is 46.9 Å². The van der Waals surface area contributed by atoms with Crippen molar-refractivity contribution in [3.63, 3.8) is 0 Å². The average Bonchev–Trinajstić information content (AvgIpc) is 3.03. The molecule has 0 fully saturated rings. The molecule has 0 N–H and O–H groups in total. The summed E-state index contributed by atoms with van der Waals surface area (Å²) < 4.78 is 2.14. The molecular formula is C13H6ClN3S3. The highest BCUT2D eigenvalue weighted by molar-refractivity contribution is 8.01. The summed E-state index contributed by atoms with van der Waals surface area (Å²) in [5, 5.41) is 4.17. The third-order valence-electron chi connectivity index (χ3n) is 2.72. The molecule has 0 saturated carbocycles. The van der Waals surface area contributed by atoms with Crippen LogP contribution in [0.2, 0.25) is 5.28 Å². The fourth-order valence-electron chi connectivity index (χ4n) is 1.86. The molecule has 0 atom stereocenters. The van der Waals surface area contributed by atoms with Crippen molar-refractivity contribution >= 4 is 66.5 Å². The summed E-state index contributed by atoms with van der Waals surface area (Å²) in [6, 6.07) is 10.1. The van der Waals surface area contributed by atoms with E-state index in [9.17, 15) is 0 Å². The van der Waals surface area contributed by atoms with Crippen LogP contribution in [0.15, 0.2) is 45.1 Å². The van der Waals surface area contributed by atoms with Crippen molar-refractivity contribution in [1.29, 1.82) is 0 Å². The average molecular weight is 336 g/mol. The SMILES string of the molecule is Clc1nc(Sc2nc3ccccc3s2)c2ccsc2n1. The number of thiazole rings is 1. The summed E-state index contributed by atoms with van der Waals surface area (Å²) in [7, 11) is 0. The summed E-state index contributed by atoms with van der Waals surface area (Å²) >= 11 is 10.7. The molecule has 3 heterocycles.